The number of amides is 1. The highest BCUT2D eigenvalue weighted by molar-refractivity contribution is 5.98. The van der Waals surface area contributed by atoms with Crippen molar-refractivity contribution in [3.63, 3.8) is 0 Å². The summed E-state index contributed by atoms with van der Waals surface area (Å²) in [6, 6.07) is 3.74. The number of nitrogens with one attached hydrogen (secondary N) is 1. The fourth-order valence-electron chi connectivity index (χ4n) is 2.91. The highest BCUT2D eigenvalue weighted by Gasteiger charge is 2.12. The Hall–Kier alpha value is -2.23. The van der Waals surface area contributed by atoms with Crippen molar-refractivity contribution in [3.8, 4) is 0 Å². The number of carbonyl (C=O) groups excluding carboxylic acids is 1. The molecule has 3 rings (SSSR count). The SMILES string of the molecule is Cc1nc2ccncc2cc1C(=O)NCCC1=CCCCC1. The molecule has 0 aromatic carbocycles. The van der Waals surface area contributed by atoms with E-state index >= 15 is 0 Å². The van der Waals surface area contributed by atoms with Crippen LogP contribution in [0.5, 0.6) is 0 Å². The molecule has 2 aromatic rings. The summed E-state index contributed by atoms with van der Waals surface area (Å²) in [5, 5.41) is 3.91. The lowest BCUT2D eigenvalue weighted by molar-refractivity contribution is 0.0953. The minimum absolute atomic E-state index is 0.0489. The molecule has 1 aliphatic carbocycles. The van der Waals surface area contributed by atoms with Crippen LogP contribution in [0.4, 0.5) is 0 Å². The molecule has 0 atom stereocenters. The maximum absolute atomic E-state index is 12.4. The van der Waals surface area contributed by atoms with Gasteiger partial charge in [-0.2, -0.15) is 0 Å². The fraction of sp³-hybridized carbons (Fsp3) is 0.389. The molecule has 0 saturated carbocycles. The zero-order valence-electron chi connectivity index (χ0n) is 12.9. The molecule has 2 heterocycles. The molecular formula is C18H21N3O. The second-order valence-electron chi connectivity index (χ2n) is 5.80. The van der Waals surface area contributed by atoms with Gasteiger partial charge in [0.25, 0.3) is 5.91 Å². The standard InChI is InChI=1S/C18H21N3O/c1-13-16(11-15-12-19-9-8-17(15)21-13)18(22)20-10-7-14-5-3-2-4-6-14/h5,8-9,11-12H,2-4,6-7,10H2,1H3,(H,20,22). The van der Waals surface area contributed by atoms with E-state index in [0.717, 1.165) is 23.0 Å². The van der Waals surface area contributed by atoms with Crippen molar-refractivity contribution >= 4 is 16.8 Å². The normalized spacial score (nSPS) is 14.7. The smallest absolute Gasteiger partial charge is 0.253 e. The van der Waals surface area contributed by atoms with Crippen LogP contribution in [0.2, 0.25) is 0 Å². The Balaban J connectivity index is 1.66. The average Bonchev–Trinajstić information content (AvgIpc) is 2.55. The Morgan fingerprint density at radius 1 is 1.36 bits per heavy atom. The largest absolute Gasteiger partial charge is 0.352 e. The van der Waals surface area contributed by atoms with Crippen LogP contribution in [0.1, 0.15) is 48.2 Å². The van der Waals surface area contributed by atoms with Gasteiger partial charge in [-0.3, -0.25) is 14.8 Å². The Bertz CT molecular complexity index is 721. The van der Waals surface area contributed by atoms with Gasteiger partial charge in [-0.15, -0.1) is 0 Å². The monoisotopic (exact) mass is 295 g/mol. The number of nitrogens with zero attached hydrogens (tertiary/aromatic N) is 2. The molecule has 1 N–H and O–H groups in total. The predicted octanol–water partition coefficient (Wildman–Crippen LogP) is 3.56. The molecular weight excluding hydrogens is 274 g/mol. The third kappa shape index (κ3) is 3.32. The summed E-state index contributed by atoms with van der Waals surface area (Å²) in [6.07, 6.45) is 11.7. The molecule has 0 spiro atoms. The third-order valence-corrected chi connectivity index (χ3v) is 4.17. The van der Waals surface area contributed by atoms with Gasteiger partial charge in [0.05, 0.1) is 16.8 Å². The van der Waals surface area contributed by atoms with E-state index in [9.17, 15) is 4.79 Å². The molecule has 114 valence electrons. The first-order chi connectivity index (χ1) is 10.7. The van der Waals surface area contributed by atoms with Crippen molar-refractivity contribution in [2.75, 3.05) is 6.54 Å². The molecule has 0 fully saturated rings. The van der Waals surface area contributed by atoms with E-state index in [1.54, 1.807) is 12.4 Å². The lowest BCUT2D eigenvalue weighted by Crippen LogP contribution is -2.26. The first-order valence-electron chi connectivity index (χ1n) is 7.91. The van der Waals surface area contributed by atoms with Gasteiger partial charge in [-0.1, -0.05) is 11.6 Å². The minimum Gasteiger partial charge on any atom is -0.352 e. The Morgan fingerprint density at radius 2 is 2.27 bits per heavy atom. The number of hydrogen-bond donors (Lipinski definition) is 1. The van der Waals surface area contributed by atoms with E-state index < -0.39 is 0 Å². The van der Waals surface area contributed by atoms with Crippen LogP contribution in [-0.4, -0.2) is 22.4 Å². The van der Waals surface area contributed by atoms with Crippen LogP contribution in [0.25, 0.3) is 10.9 Å². The summed E-state index contributed by atoms with van der Waals surface area (Å²) in [5.74, 6) is -0.0489. The van der Waals surface area contributed by atoms with Crippen LogP contribution in [0.15, 0.2) is 36.2 Å². The average molecular weight is 295 g/mol. The zero-order valence-corrected chi connectivity index (χ0v) is 12.9. The molecule has 0 unspecified atom stereocenters. The number of carbonyl (C=O) groups is 1. The molecule has 1 aliphatic rings. The van der Waals surface area contributed by atoms with E-state index in [1.807, 2.05) is 19.1 Å². The van der Waals surface area contributed by atoms with Gasteiger partial charge < -0.3 is 5.32 Å². The molecule has 2 aromatic heterocycles. The number of allylic oxidation sites excluding steroid dienone is 1. The highest BCUT2D eigenvalue weighted by atomic mass is 16.1. The summed E-state index contributed by atoms with van der Waals surface area (Å²) >= 11 is 0. The van der Waals surface area contributed by atoms with Gasteiger partial charge in [-0.25, -0.2) is 0 Å². The van der Waals surface area contributed by atoms with Gasteiger partial charge in [0.1, 0.15) is 0 Å². The van der Waals surface area contributed by atoms with Crippen LogP contribution in [0.3, 0.4) is 0 Å². The molecule has 0 bridgehead atoms. The van der Waals surface area contributed by atoms with Gasteiger partial charge in [-0.05, 0) is 51.2 Å². The van der Waals surface area contributed by atoms with E-state index in [2.05, 4.69) is 21.4 Å². The first-order valence-corrected chi connectivity index (χ1v) is 7.91. The summed E-state index contributed by atoms with van der Waals surface area (Å²) in [5.41, 5.74) is 3.74. The van der Waals surface area contributed by atoms with E-state index in [1.165, 1.54) is 31.3 Å². The number of hydrogen-bond acceptors (Lipinski definition) is 3. The third-order valence-electron chi connectivity index (χ3n) is 4.17. The molecule has 0 saturated heterocycles. The number of aryl methyl sites for hydroxylation is 1. The van der Waals surface area contributed by atoms with Gasteiger partial charge in [0.2, 0.25) is 0 Å². The van der Waals surface area contributed by atoms with Crippen molar-refractivity contribution in [1.29, 1.82) is 0 Å². The summed E-state index contributed by atoms with van der Waals surface area (Å²) in [4.78, 5) is 20.9. The zero-order chi connectivity index (χ0) is 15.4. The summed E-state index contributed by atoms with van der Waals surface area (Å²) in [7, 11) is 0. The maximum atomic E-state index is 12.4. The number of pyridine rings is 2. The predicted molar refractivity (Wildman–Crippen MR) is 87.8 cm³/mol. The Kier molecular flexibility index (Phi) is 4.47. The molecule has 1 amide bonds. The molecule has 4 heteroatoms. The Morgan fingerprint density at radius 3 is 3.09 bits per heavy atom. The van der Waals surface area contributed by atoms with Crippen molar-refractivity contribution in [2.45, 2.75) is 39.0 Å². The molecule has 0 aliphatic heterocycles. The number of fused-ring (bicyclic) bond motifs is 1. The molecule has 0 radical (unpaired) electrons. The van der Waals surface area contributed by atoms with Gasteiger partial charge >= 0.3 is 0 Å². The first kappa shape index (κ1) is 14.7. The number of rotatable bonds is 4. The summed E-state index contributed by atoms with van der Waals surface area (Å²) in [6.45, 7) is 2.56. The van der Waals surface area contributed by atoms with Gasteiger partial charge in [0.15, 0.2) is 0 Å². The van der Waals surface area contributed by atoms with Crippen LogP contribution in [-0.2, 0) is 0 Å². The van der Waals surface area contributed by atoms with E-state index in [4.69, 9.17) is 0 Å². The molecule has 22 heavy (non-hydrogen) atoms. The molecule has 4 nitrogen and oxygen atoms in total. The van der Waals surface area contributed by atoms with Crippen molar-refractivity contribution in [1.82, 2.24) is 15.3 Å². The van der Waals surface area contributed by atoms with Crippen LogP contribution in [0, 0.1) is 6.92 Å². The Labute approximate surface area is 130 Å². The fourth-order valence-corrected chi connectivity index (χ4v) is 2.91. The second-order valence-corrected chi connectivity index (χ2v) is 5.80. The van der Waals surface area contributed by atoms with Crippen molar-refractivity contribution in [3.05, 3.63) is 47.4 Å². The second kappa shape index (κ2) is 6.69. The lowest BCUT2D eigenvalue weighted by Gasteiger charge is -2.13. The summed E-state index contributed by atoms with van der Waals surface area (Å²) < 4.78 is 0. The topological polar surface area (TPSA) is 54.9 Å². The van der Waals surface area contributed by atoms with Crippen molar-refractivity contribution < 1.29 is 4.79 Å². The quantitative estimate of drug-likeness (QED) is 0.877. The van der Waals surface area contributed by atoms with Crippen LogP contribution < -0.4 is 5.32 Å². The number of aromatic nitrogens is 2. The minimum atomic E-state index is -0.0489. The lowest BCUT2D eigenvalue weighted by atomic mass is 9.97. The maximum Gasteiger partial charge on any atom is 0.253 e. The van der Waals surface area contributed by atoms with Gasteiger partial charge in [0, 0.05) is 24.3 Å². The van der Waals surface area contributed by atoms with Crippen molar-refractivity contribution in [2.24, 2.45) is 0 Å². The van der Waals surface area contributed by atoms with Crippen LogP contribution >= 0.6 is 0 Å². The van der Waals surface area contributed by atoms with E-state index in [-0.39, 0.29) is 5.91 Å². The van der Waals surface area contributed by atoms with E-state index in [0.29, 0.717) is 12.1 Å². The highest BCUT2D eigenvalue weighted by Crippen LogP contribution is 2.19.